The maximum absolute atomic E-state index is 2.46. The van der Waals surface area contributed by atoms with Gasteiger partial charge >= 0.3 is 0 Å². The van der Waals surface area contributed by atoms with E-state index in [0.29, 0.717) is 0 Å². The first-order valence-corrected chi connectivity index (χ1v) is 16.8. The van der Waals surface area contributed by atoms with Gasteiger partial charge in [-0.3, -0.25) is 0 Å². The maximum Gasteiger partial charge on any atom is 0.0543 e. The third-order valence-electron chi connectivity index (χ3n) is 10.2. The number of benzene rings is 8. The predicted molar refractivity (Wildman–Crippen MR) is 205 cm³/mol. The lowest BCUT2D eigenvalue weighted by Gasteiger charge is -2.29. The molecule has 0 heterocycles. The van der Waals surface area contributed by atoms with E-state index in [9.17, 15) is 0 Å². The molecule has 0 saturated carbocycles. The maximum atomic E-state index is 2.46. The summed E-state index contributed by atoms with van der Waals surface area (Å²) in [5.74, 6) is 0. The number of fused-ring (bicyclic) bond motifs is 6. The molecule has 0 bridgehead atoms. The molecular weight excluding hydrogens is 579 g/mol. The summed E-state index contributed by atoms with van der Waals surface area (Å²) in [6.45, 7) is 4.79. The van der Waals surface area contributed by atoms with Gasteiger partial charge in [0.2, 0.25) is 0 Å². The van der Waals surface area contributed by atoms with Crippen LogP contribution in [0.25, 0.3) is 54.9 Å². The number of hydrogen-bond donors (Lipinski definition) is 0. The van der Waals surface area contributed by atoms with Gasteiger partial charge in [-0.2, -0.15) is 0 Å². The fourth-order valence-electron chi connectivity index (χ4n) is 7.94. The van der Waals surface area contributed by atoms with Gasteiger partial charge in [-0.15, -0.1) is 0 Å². The SMILES string of the molecule is CC1(C)c2cccc(N(c3ccc(-c4ccccc4)cc3)c3ccc4ccccc4c3)c2-c2cc(-c3ccccc3)c3ccccc3c21. The van der Waals surface area contributed by atoms with E-state index in [-0.39, 0.29) is 5.41 Å². The number of anilines is 3. The lowest BCUT2D eigenvalue weighted by Crippen LogP contribution is -2.16. The summed E-state index contributed by atoms with van der Waals surface area (Å²) < 4.78 is 0. The topological polar surface area (TPSA) is 3.24 Å². The van der Waals surface area contributed by atoms with Crippen molar-refractivity contribution in [3.63, 3.8) is 0 Å². The van der Waals surface area contributed by atoms with Gasteiger partial charge in [0.15, 0.2) is 0 Å². The summed E-state index contributed by atoms with van der Waals surface area (Å²) in [6, 6.07) is 64.3. The molecule has 1 aliphatic carbocycles. The standard InChI is InChI=1S/C47H35N/c1-47(2)43-22-13-23-44(45(43)42-31-41(35-17-7-4-8-18-35)39-20-11-12-21-40(39)46(42)47)48(38-29-26-33-16-9-10-19-36(33)30-38)37-27-24-34(25-28-37)32-14-5-3-6-15-32/h3-31H,1-2H3. The average Bonchev–Trinajstić information content (AvgIpc) is 3.39. The van der Waals surface area contributed by atoms with Crippen LogP contribution >= 0.6 is 0 Å². The zero-order chi connectivity index (χ0) is 32.2. The van der Waals surface area contributed by atoms with Crippen LogP contribution in [0, 0.1) is 0 Å². The fraction of sp³-hybridized carbons (Fsp3) is 0.0638. The monoisotopic (exact) mass is 613 g/mol. The van der Waals surface area contributed by atoms with Crippen molar-refractivity contribution in [3.8, 4) is 33.4 Å². The molecule has 228 valence electrons. The van der Waals surface area contributed by atoms with Crippen LogP contribution in [0.15, 0.2) is 176 Å². The summed E-state index contributed by atoms with van der Waals surface area (Å²) in [4.78, 5) is 2.46. The van der Waals surface area contributed by atoms with Gasteiger partial charge in [0, 0.05) is 22.4 Å². The van der Waals surface area contributed by atoms with Crippen molar-refractivity contribution in [3.05, 3.63) is 187 Å². The molecule has 0 atom stereocenters. The van der Waals surface area contributed by atoms with Gasteiger partial charge in [-0.25, -0.2) is 0 Å². The zero-order valence-corrected chi connectivity index (χ0v) is 27.2. The van der Waals surface area contributed by atoms with E-state index < -0.39 is 0 Å². The molecule has 0 spiro atoms. The Kier molecular flexibility index (Phi) is 6.55. The molecule has 1 aliphatic rings. The van der Waals surface area contributed by atoms with E-state index in [0.717, 1.165) is 11.4 Å². The Labute approximate surface area is 282 Å². The van der Waals surface area contributed by atoms with Crippen molar-refractivity contribution in [2.24, 2.45) is 0 Å². The molecule has 48 heavy (non-hydrogen) atoms. The van der Waals surface area contributed by atoms with Crippen LogP contribution in [0.2, 0.25) is 0 Å². The average molecular weight is 614 g/mol. The van der Waals surface area contributed by atoms with Gasteiger partial charge in [0.1, 0.15) is 0 Å². The quantitative estimate of drug-likeness (QED) is 0.187. The first-order chi connectivity index (χ1) is 23.6. The smallest absolute Gasteiger partial charge is 0.0543 e. The van der Waals surface area contributed by atoms with Gasteiger partial charge in [-0.05, 0) is 96.9 Å². The first kappa shape index (κ1) is 28.3. The highest BCUT2D eigenvalue weighted by molar-refractivity contribution is 6.08. The third kappa shape index (κ3) is 4.47. The van der Waals surface area contributed by atoms with E-state index in [1.165, 1.54) is 71.7 Å². The van der Waals surface area contributed by atoms with Crippen molar-refractivity contribution in [2.75, 3.05) is 4.90 Å². The van der Waals surface area contributed by atoms with Crippen molar-refractivity contribution >= 4 is 38.6 Å². The minimum absolute atomic E-state index is 0.179. The van der Waals surface area contributed by atoms with Crippen LogP contribution in [0.1, 0.15) is 25.0 Å². The molecule has 8 aromatic carbocycles. The molecule has 1 nitrogen and oxygen atoms in total. The van der Waals surface area contributed by atoms with Crippen LogP contribution in [-0.2, 0) is 5.41 Å². The summed E-state index contributed by atoms with van der Waals surface area (Å²) in [7, 11) is 0. The van der Waals surface area contributed by atoms with Crippen molar-refractivity contribution < 1.29 is 0 Å². The van der Waals surface area contributed by atoms with E-state index in [2.05, 4.69) is 195 Å². The van der Waals surface area contributed by atoms with E-state index in [1.54, 1.807) is 0 Å². The molecule has 0 N–H and O–H groups in total. The molecule has 0 saturated heterocycles. The molecular formula is C47H35N. The van der Waals surface area contributed by atoms with Crippen LogP contribution in [-0.4, -0.2) is 0 Å². The second kappa shape index (κ2) is 11.1. The van der Waals surface area contributed by atoms with Crippen molar-refractivity contribution in [2.45, 2.75) is 19.3 Å². The van der Waals surface area contributed by atoms with Gasteiger partial charge in [-0.1, -0.05) is 153 Å². The number of nitrogens with zero attached hydrogens (tertiary/aromatic N) is 1. The Hall–Kier alpha value is -5.92. The lowest BCUT2D eigenvalue weighted by atomic mass is 9.79. The van der Waals surface area contributed by atoms with Gasteiger partial charge < -0.3 is 4.90 Å². The summed E-state index contributed by atoms with van der Waals surface area (Å²) in [5, 5.41) is 5.09. The Morgan fingerprint density at radius 1 is 0.417 bits per heavy atom. The van der Waals surface area contributed by atoms with Crippen molar-refractivity contribution in [1.29, 1.82) is 0 Å². The first-order valence-electron chi connectivity index (χ1n) is 16.8. The predicted octanol–water partition coefficient (Wildman–Crippen LogP) is 13.1. The summed E-state index contributed by atoms with van der Waals surface area (Å²) in [6.07, 6.45) is 0. The Morgan fingerprint density at radius 2 is 1.02 bits per heavy atom. The normalized spacial score (nSPS) is 13.0. The number of hydrogen-bond acceptors (Lipinski definition) is 1. The molecule has 1 heteroatoms. The number of rotatable bonds is 5. The van der Waals surface area contributed by atoms with E-state index >= 15 is 0 Å². The van der Waals surface area contributed by atoms with E-state index in [1.807, 2.05) is 0 Å². The van der Waals surface area contributed by atoms with Crippen LogP contribution in [0.4, 0.5) is 17.1 Å². The fourth-order valence-corrected chi connectivity index (χ4v) is 7.94. The Balaban J connectivity index is 1.32. The molecule has 0 aliphatic heterocycles. The molecule has 9 rings (SSSR count). The minimum atomic E-state index is -0.179. The summed E-state index contributed by atoms with van der Waals surface area (Å²) in [5.41, 5.74) is 13.6. The zero-order valence-electron chi connectivity index (χ0n) is 27.2. The Morgan fingerprint density at radius 3 is 1.77 bits per heavy atom. The van der Waals surface area contributed by atoms with Gasteiger partial charge in [0.05, 0.1) is 5.69 Å². The summed E-state index contributed by atoms with van der Waals surface area (Å²) >= 11 is 0. The largest absolute Gasteiger partial charge is 0.310 e. The highest BCUT2D eigenvalue weighted by Gasteiger charge is 2.40. The minimum Gasteiger partial charge on any atom is -0.310 e. The van der Waals surface area contributed by atoms with Crippen LogP contribution in [0.3, 0.4) is 0 Å². The van der Waals surface area contributed by atoms with Gasteiger partial charge in [0.25, 0.3) is 0 Å². The Bertz CT molecular complexity index is 2460. The molecule has 0 radical (unpaired) electrons. The lowest BCUT2D eigenvalue weighted by molar-refractivity contribution is 0.666. The molecule has 0 unspecified atom stereocenters. The molecule has 8 aromatic rings. The second-order valence-corrected chi connectivity index (χ2v) is 13.4. The second-order valence-electron chi connectivity index (χ2n) is 13.4. The third-order valence-corrected chi connectivity index (χ3v) is 10.2. The molecule has 0 amide bonds. The van der Waals surface area contributed by atoms with E-state index in [4.69, 9.17) is 0 Å². The highest BCUT2D eigenvalue weighted by Crippen LogP contribution is 2.57. The van der Waals surface area contributed by atoms with Crippen LogP contribution in [0.5, 0.6) is 0 Å². The molecule has 0 fully saturated rings. The molecule has 0 aromatic heterocycles. The highest BCUT2D eigenvalue weighted by atomic mass is 15.1. The van der Waals surface area contributed by atoms with Crippen LogP contribution < -0.4 is 4.90 Å². The van der Waals surface area contributed by atoms with Crippen molar-refractivity contribution in [1.82, 2.24) is 0 Å².